The third-order valence-electron chi connectivity index (χ3n) is 2.67. The van der Waals surface area contributed by atoms with Gasteiger partial charge in [-0.15, -0.1) is 0 Å². The van der Waals surface area contributed by atoms with Gasteiger partial charge in [0.2, 0.25) is 0 Å². The first kappa shape index (κ1) is 15.4. The number of hydrogen-bond donors (Lipinski definition) is 5. The van der Waals surface area contributed by atoms with Crippen LogP contribution in [0.3, 0.4) is 0 Å². The van der Waals surface area contributed by atoms with E-state index in [2.05, 4.69) is 5.32 Å². The summed E-state index contributed by atoms with van der Waals surface area (Å²) >= 11 is 0. The zero-order valence-electron chi connectivity index (χ0n) is 11.4. The van der Waals surface area contributed by atoms with Gasteiger partial charge in [-0.2, -0.15) is 0 Å². The standard InChI is InChI=1S/C14H18N4O2/c1-8(2)18-13-4-9(10(5-15)6-16)3-11(14(19)20)12(13)7-17/h3-8,15,17-18H,16H2,1-2H3,(H,19,20)/b10-6+,15-5?,17-7?. The third-order valence-corrected chi connectivity index (χ3v) is 2.67. The number of allylic oxidation sites excluding steroid dienone is 1. The van der Waals surface area contributed by atoms with E-state index >= 15 is 0 Å². The van der Waals surface area contributed by atoms with Crippen LogP contribution in [0.15, 0.2) is 18.3 Å². The fourth-order valence-corrected chi connectivity index (χ4v) is 1.81. The molecular formula is C14H18N4O2. The van der Waals surface area contributed by atoms with Gasteiger partial charge in [-0.3, -0.25) is 0 Å². The number of carboxylic acids is 1. The third kappa shape index (κ3) is 3.23. The van der Waals surface area contributed by atoms with E-state index in [-0.39, 0.29) is 11.6 Å². The van der Waals surface area contributed by atoms with Crippen molar-refractivity contribution in [1.82, 2.24) is 0 Å². The molecule has 6 N–H and O–H groups in total. The molecule has 1 rings (SSSR count). The molecule has 0 bridgehead atoms. The van der Waals surface area contributed by atoms with E-state index in [1.165, 1.54) is 12.3 Å². The number of carboxylic acid groups (broad SMARTS) is 1. The Morgan fingerprint density at radius 3 is 2.45 bits per heavy atom. The Kier molecular flexibility index (Phi) is 5.02. The van der Waals surface area contributed by atoms with Crippen molar-refractivity contribution < 1.29 is 9.90 Å². The molecule has 6 nitrogen and oxygen atoms in total. The predicted molar refractivity (Wildman–Crippen MR) is 81.0 cm³/mol. The molecule has 0 unspecified atom stereocenters. The molecule has 6 heteroatoms. The Morgan fingerprint density at radius 2 is 2.05 bits per heavy atom. The first-order chi connectivity index (χ1) is 9.44. The van der Waals surface area contributed by atoms with Crippen LogP contribution < -0.4 is 11.1 Å². The van der Waals surface area contributed by atoms with Crippen molar-refractivity contribution in [3.8, 4) is 0 Å². The number of rotatable bonds is 6. The Balaban J connectivity index is 3.58. The molecule has 0 aliphatic rings. The highest BCUT2D eigenvalue weighted by molar-refractivity contribution is 6.11. The van der Waals surface area contributed by atoms with Crippen molar-refractivity contribution in [1.29, 1.82) is 10.8 Å². The fourth-order valence-electron chi connectivity index (χ4n) is 1.81. The molecule has 0 atom stereocenters. The summed E-state index contributed by atoms with van der Waals surface area (Å²) in [6, 6.07) is 3.19. The quantitative estimate of drug-likeness (QED) is 0.510. The van der Waals surface area contributed by atoms with Crippen LogP contribution in [0, 0.1) is 10.8 Å². The van der Waals surface area contributed by atoms with Crippen molar-refractivity contribution in [3.63, 3.8) is 0 Å². The highest BCUT2D eigenvalue weighted by atomic mass is 16.4. The minimum Gasteiger partial charge on any atom is -0.478 e. The van der Waals surface area contributed by atoms with E-state index in [1.807, 2.05) is 13.8 Å². The van der Waals surface area contributed by atoms with Crippen molar-refractivity contribution in [2.75, 3.05) is 5.32 Å². The molecular weight excluding hydrogens is 256 g/mol. The van der Waals surface area contributed by atoms with Crippen molar-refractivity contribution >= 4 is 29.7 Å². The highest BCUT2D eigenvalue weighted by Gasteiger charge is 2.16. The number of anilines is 1. The molecule has 1 aromatic carbocycles. The van der Waals surface area contributed by atoms with E-state index in [1.54, 1.807) is 6.07 Å². The van der Waals surface area contributed by atoms with Crippen LogP contribution >= 0.6 is 0 Å². The predicted octanol–water partition coefficient (Wildman–Crippen LogP) is 2.15. The van der Waals surface area contributed by atoms with Gasteiger partial charge < -0.3 is 27.0 Å². The van der Waals surface area contributed by atoms with Gasteiger partial charge in [-0.05, 0) is 31.5 Å². The first-order valence-electron chi connectivity index (χ1n) is 6.05. The van der Waals surface area contributed by atoms with Crippen LogP contribution in [-0.4, -0.2) is 29.5 Å². The highest BCUT2D eigenvalue weighted by Crippen LogP contribution is 2.25. The second kappa shape index (κ2) is 6.51. The lowest BCUT2D eigenvalue weighted by molar-refractivity contribution is 0.0696. The van der Waals surface area contributed by atoms with Gasteiger partial charge in [0.05, 0.1) is 5.56 Å². The van der Waals surface area contributed by atoms with Gasteiger partial charge in [0.25, 0.3) is 0 Å². The Morgan fingerprint density at radius 1 is 1.40 bits per heavy atom. The van der Waals surface area contributed by atoms with E-state index in [4.69, 9.17) is 16.6 Å². The van der Waals surface area contributed by atoms with Gasteiger partial charge in [0, 0.05) is 41.5 Å². The second-order valence-corrected chi connectivity index (χ2v) is 4.50. The van der Waals surface area contributed by atoms with Crippen LogP contribution in [0.1, 0.15) is 35.3 Å². The summed E-state index contributed by atoms with van der Waals surface area (Å²) in [4.78, 5) is 11.3. The summed E-state index contributed by atoms with van der Waals surface area (Å²) in [5, 5.41) is 27.1. The average Bonchev–Trinajstić information content (AvgIpc) is 2.38. The average molecular weight is 274 g/mol. The summed E-state index contributed by atoms with van der Waals surface area (Å²) in [6.45, 7) is 3.83. The molecule has 0 fully saturated rings. The molecule has 0 heterocycles. The van der Waals surface area contributed by atoms with Crippen LogP contribution in [-0.2, 0) is 0 Å². The maximum Gasteiger partial charge on any atom is 0.336 e. The number of hydrogen-bond acceptors (Lipinski definition) is 5. The molecule has 0 aliphatic carbocycles. The zero-order valence-corrected chi connectivity index (χ0v) is 11.4. The maximum absolute atomic E-state index is 11.3. The summed E-state index contributed by atoms with van der Waals surface area (Å²) in [7, 11) is 0. The number of nitrogens with one attached hydrogen (secondary N) is 3. The van der Waals surface area contributed by atoms with Crippen LogP contribution in [0.4, 0.5) is 5.69 Å². The lowest BCUT2D eigenvalue weighted by atomic mass is 9.98. The van der Waals surface area contributed by atoms with Crippen molar-refractivity contribution in [2.45, 2.75) is 19.9 Å². The molecule has 0 aliphatic heterocycles. The van der Waals surface area contributed by atoms with Crippen LogP contribution in [0.25, 0.3) is 5.57 Å². The van der Waals surface area contributed by atoms with Gasteiger partial charge in [-0.1, -0.05) is 0 Å². The summed E-state index contributed by atoms with van der Waals surface area (Å²) in [5.41, 5.74) is 7.21. The first-order valence-corrected chi connectivity index (χ1v) is 6.05. The van der Waals surface area contributed by atoms with Gasteiger partial charge in [0.1, 0.15) is 0 Å². The largest absolute Gasteiger partial charge is 0.478 e. The van der Waals surface area contributed by atoms with Crippen LogP contribution in [0.5, 0.6) is 0 Å². The minimum absolute atomic E-state index is 0.00171. The van der Waals surface area contributed by atoms with E-state index < -0.39 is 5.97 Å². The number of aromatic carboxylic acids is 1. The van der Waals surface area contributed by atoms with Gasteiger partial charge in [0.15, 0.2) is 0 Å². The van der Waals surface area contributed by atoms with E-state index in [0.29, 0.717) is 22.4 Å². The Hall–Kier alpha value is -2.63. The maximum atomic E-state index is 11.3. The zero-order chi connectivity index (χ0) is 15.3. The Bertz CT molecular complexity index is 577. The van der Waals surface area contributed by atoms with Gasteiger partial charge >= 0.3 is 5.97 Å². The molecule has 0 amide bonds. The van der Waals surface area contributed by atoms with E-state index in [9.17, 15) is 9.90 Å². The molecule has 0 saturated carbocycles. The van der Waals surface area contributed by atoms with Crippen molar-refractivity contribution in [2.24, 2.45) is 5.73 Å². The molecule has 0 saturated heterocycles. The topological polar surface area (TPSA) is 123 Å². The SMILES string of the molecule is CC(C)Nc1cc(/C(C=N)=C/N)cc(C(=O)O)c1C=N. The molecule has 0 spiro atoms. The number of benzene rings is 1. The lowest BCUT2D eigenvalue weighted by Crippen LogP contribution is -2.14. The number of nitrogens with two attached hydrogens (primary N) is 1. The lowest BCUT2D eigenvalue weighted by Gasteiger charge is -2.16. The molecule has 0 aromatic heterocycles. The molecule has 106 valence electrons. The molecule has 1 aromatic rings. The fraction of sp³-hybridized carbons (Fsp3) is 0.214. The molecule has 0 radical (unpaired) electrons. The van der Waals surface area contributed by atoms with Crippen molar-refractivity contribution in [3.05, 3.63) is 35.0 Å². The second-order valence-electron chi connectivity index (χ2n) is 4.50. The summed E-state index contributed by atoms with van der Waals surface area (Å²) < 4.78 is 0. The van der Waals surface area contributed by atoms with E-state index in [0.717, 1.165) is 12.4 Å². The normalized spacial score (nSPS) is 11.2. The Labute approximate surface area is 117 Å². The number of carbonyl (C=O) groups is 1. The van der Waals surface area contributed by atoms with Crippen LogP contribution in [0.2, 0.25) is 0 Å². The minimum atomic E-state index is -1.13. The molecule has 20 heavy (non-hydrogen) atoms. The summed E-state index contributed by atoms with van der Waals surface area (Å²) in [5.74, 6) is -1.13. The monoisotopic (exact) mass is 274 g/mol. The smallest absolute Gasteiger partial charge is 0.336 e. The summed E-state index contributed by atoms with van der Waals surface area (Å²) in [6.07, 6.45) is 3.32. The van der Waals surface area contributed by atoms with Gasteiger partial charge in [-0.25, -0.2) is 4.79 Å².